The summed E-state index contributed by atoms with van der Waals surface area (Å²) in [5.41, 5.74) is 0.925. The molecule has 1 aliphatic heterocycles. The third kappa shape index (κ3) is 2.58. The monoisotopic (exact) mass is 313 g/mol. The van der Waals surface area contributed by atoms with E-state index in [0.29, 0.717) is 19.0 Å². The Kier molecular flexibility index (Phi) is 3.32. The molecule has 1 saturated heterocycles. The van der Waals surface area contributed by atoms with Crippen LogP contribution in [0.3, 0.4) is 0 Å². The summed E-state index contributed by atoms with van der Waals surface area (Å²) in [6, 6.07) is 7.76. The van der Waals surface area contributed by atoms with Gasteiger partial charge in [-0.05, 0) is 30.7 Å². The number of rotatable bonds is 4. The highest BCUT2D eigenvalue weighted by Crippen LogP contribution is 2.44. The molecular formula is C17H19N3O3. The number of amides is 1. The van der Waals surface area contributed by atoms with Crippen LogP contribution in [0.25, 0.3) is 10.9 Å². The van der Waals surface area contributed by atoms with Gasteiger partial charge in [0, 0.05) is 18.5 Å². The Morgan fingerprint density at radius 2 is 2.00 bits per heavy atom. The summed E-state index contributed by atoms with van der Waals surface area (Å²) in [4.78, 5) is 25.7. The summed E-state index contributed by atoms with van der Waals surface area (Å²) >= 11 is 0. The van der Waals surface area contributed by atoms with E-state index in [1.165, 1.54) is 0 Å². The van der Waals surface area contributed by atoms with E-state index < -0.39 is 11.9 Å². The number of nitrogens with zero attached hydrogens (tertiary/aromatic N) is 3. The number of carbonyl (C=O) groups is 2. The van der Waals surface area contributed by atoms with Gasteiger partial charge in [0.2, 0.25) is 5.91 Å². The van der Waals surface area contributed by atoms with E-state index in [9.17, 15) is 14.7 Å². The molecule has 23 heavy (non-hydrogen) atoms. The van der Waals surface area contributed by atoms with Crippen molar-refractivity contribution in [1.29, 1.82) is 0 Å². The minimum Gasteiger partial charge on any atom is -0.481 e. The molecule has 6 heteroatoms. The van der Waals surface area contributed by atoms with Crippen LogP contribution in [0.5, 0.6) is 0 Å². The maximum Gasteiger partial charge on any atom is 0.308 e. The predicted octanol–water partition coefficient (Wildman–Crippen LogP) is 1.61. The summed E-state index contributed by atoms with van der Waals surface area (Å²) in [6.45, 7) is 1.06. The molecule has 1 N–H and O–H groups in total. The minimum absolute atomic E-state index is 0.0479. The summed E-state index contributed by atoms with van der Waals surface area (Å²) in [7, 11) is 0. The molecule has 1 amide bonds. The van der Waals surface area contributed by atoms with Crippen LogP contribution >= 0.6 is 0 Å². The van der Waals surface area contributed by atoms with Gasteiger partial charge in [-0.15, -0.1) is 0 Å². The fourth-order valence-electron chi connectivity index (χ4n) is 3.68. The molecule has 120 valence electrons. The van der Waals surface area contributed by atoms with Gasteiger partial charge >= 0.3 is 5.97 Å². The van der Waals surface area contributed by atoms with E-state index in [1.54, 1.807) is 15.8 Å². The molecule has 2 aromatic rings. The van der Waals surface area contributed by atoms with Gasteiger partial charge in [-0.1, -0.05) is 18.2 Å². The van der Waals surface area contributed by atoms with Crippen molar-refractivity contribution >= 4 is 22.8 Å². The zero-order valence-corrected chi connectivity index (χ0v) is 12.8. The Balaban J connectivity index is 1.50. The fraction of sp³-hybridized carbons (Fsp3) is 0.471. The van der Waals surface area contributed by atoms with Crippen LogP contribution in [0, 0.1) is 17.8 Å². The fourth-order valence-corrected chi connectivity index (χ4v) is 3.68. The van der Waals surface area contributed by atoms with Crippen molar-refractivity contribution in [2.45, 2.75) is 19.4 Å². The van der Waals surface area contributed by atoms with Crippen LogP contribution in [0.15, 0.2) is 30.5 Å². The molecule has 2 fully saturated rings. The summed E-state index contributed by atoms with van der Waals surface area (Å²) in [5.74, 6) is -0.638. The Morgan fingerprint density at radius 1 is 1.22 bits per heavy atom. The first-order chi connectivity index (χ1) is 11.1. The number of fused-ring (bicyclic) bond motifs is 1. The number of benzene rings is 1. The second kappa shape index (κ2) is 5.37. The van der Waals surface area contributed by atoms with Gasteiger partial charge in [0.25, 0.3) is 0 Å². The van der Waals surface area contributed by atoms with Gasteiger partial charge < -0.3 is 10.0 Å². The molecule has 2 aliphatic rings. The molecule has 0 spiro atoms. The van der Waals surface area contributed by atoms with Crippen LogP contribution < -0.4 is 0 Å². The van der Waals surface area contributed by atoms with E-state index in [0.717, 1.165) is 23.7 Å². The Bertz CT molecular complexity index is 765. The molecule has 1 aromatic carbocycles. The number of carboxylic acids is 1. The molecule has 1 aromatic heterocycles. The number of likely N-dealkylation sites (tertiary alicyclic amines) is 1. The lowest BCUT2D eigenvalue weighted by molar-refractivity contribution is -0.142. The first kappa shape index (κ1) is 14.2. The average Bonchev–Trinajstić information content (AvgIpc) is 3.16. The van der Waals surface area contributed by atoms with E-state index in [2.05, 4.69) is 5.10 Å². The van der Waals surface area contributed by atoms with Gasteiger partial charge in [0.05, 0.1) is 17.6 Å². The number of aromatic nitrogens is 2. The van der Waals surface area contributed by atoms with E-state index in [1.807, 2.05) is 24.3 Å². The number of hydrogen-bond acceptors (Lipinski definition) is 3. The summed E-state index contributed by atoms with van der Waals surface area (Å²) < 4.78 is 1.69. The molecule has 0 bridgehead atoms. The largest absolute Gasteiger partial charge is 0.481 e. The smallest absolute Gasteiger partial charge is 0.308 e. The van der Waals surface area contributed by atoms with Gasteiger partial charge in [-0.3, -0.25) is 14.3 Å². The maximum absolute atomic E-state index is 12.6. The third-order valence-corrected chi connectivity index (χ3v) is 5.10. The normalized spacial score (nSPS) is 24.3. The van der Waals surface area contributed by atoms with Gasteiger partial charge in [0.1, 0.15) is 6.54 Å². The van der Waals surface area contributed by atoms with Gasteiger partial charge in [-0.25, -0.2) is 0 Å². The first-order valence-corrected chi connectivity index (χ1v) is 8.04. The SMILES string of the molecule is O=C(O)[C@@H]1CN(C(=O)Cn2ncc3ccccc32)C[C@H]1C1CC1. The maximum atomic E-state index is 12.6. The Hall–Kier alpha value is -2.37. The number of carboxylic acid groups (broad SMARTS) is 1. The van der Waals surface area contributed by atoms with Crippen molar-refractivity contribution in [1.82, 2.24) is 14.7 Å². The zero-order chi connectivity index (χ0) is 16.0. The van der Waals surface area contributed by atoms with Crippen molar-refractivity contribution in [2.24, 2.45) is 17.8 Å². The summed E-state index contributed by atoms with van der Waals surface area (Å²) in [6.07, 6.45) is 3.94. The lowest BCUT2D eigenvalue weighted by atomic mass is 9.92. The topological polar surface area (TPSA) is 75.4 Å². The van der Waals surface area contributed by atoms with Crippen LogP contribution in [-0.4, -0.2) is 44.8 Å². The highest BCUT2D eigenvalue weighted by molar-refractivity contribution is 5.83. The molecule has 1 saturated carbocycles. The van der Waals surface area contributed by atoms with E-state index in [-0.39, 0.29) is 18.4 Å². The third-order valence-electron chi connectivity index (χ3n) is 5.10. The highest BCUT2D eigenvalue weighted by Gasteiger charge is 2.46. The van der Waals surface area contributed by atoms with Crippen LogP contribution in [-0.2, 0) is 16.1 Å². The van der Waals surface area contributed by atoms with Crippen molar-refractivity contribution < 1.29 is 14.7 Å². The predicted molar refractivity (Wildman–Crippen MR) is 83.7 cm³/mol. The van der Waals surface area contributed by atoms with Gasteiger partial charge in [0.15, 0.2) is 0 Å². The quantitative estimate of drug-likeness (QED) is 0.930. The van der Waals surface area contributed by atoms with E-state index >= 15 is 0 Å². The van der Waals surface area contributed by atoms with Crippen molar-refractivity contribution in [3.05, 3.63) is 30.5 Å². The molecule has 2 heterocycles. The molecule has 2 atom stereocenters. The van der Waals surface area contributed by atoms with E-state index in [4.69, 9.17) is 0 Å². The zero-order valence-electron chi connectivity index (χ0n) is 12.8. The molecule has 4 rings (SSSR count). The lowest BCUT2D eigenvalue weighted by Gasteiger charge is -2.16. The highest BCUT2D eigenvalue weighted by atomic mass is 16.4. The Labute approximate surface area is 133 Å². The number of para-hydroxylation sites is 1. The van der Waals surface area contributed by atoms with Crippen LogP contribution in [0.4, 0.5) is 0 Å². The molecule has 0 radical (unpaired) electrons. The van der Waals surface area contributed by atoms with Crippen molar-refractivity contribution in [3.63, 3.8) is 0 Å². The molecule has 1 aliphatic carbocycles. The number of carbonyl (C=O) groups excluding carboxylic acids is 1. The van der Waals surface area contributed by atoms with Crippen LogP contribution in [0.1, 0.15) is 12.8 Å². The summed E-state index contributed by atoms with van der Waals surface area (Å²) in [5, 5.41) is 14.7. The number of aliphatic carboxylic acids is 1. The minimum atomic E-state index is -0.776. The standard InChI is InChI=1S/C17H19N3O3/c21-16(10-20-15-4-2-1-3-12(15)7-18-20)19-8-13(11-5-6-11)14(9-19)17(22)23/h1-4,7,11,13-14H,5-6,8-10H2,(H,22,23)/t13-,14+/m0/s1. The first-order valence-electron chi connectivity index (χ1n) is 8.04. The number of hydrogen-bond donors (Lipinski definition) is 1. The van der Waals surface area contributed by atoms with Crippen molar-refractivity contribution in [3.8, 4) is 0 Å². The Morgan fingerprint density at radius 3 is 2.74 bits per heavy atom. The second-order valence-corrected chi connectivity index (χ2v) is 6.61. The van der Waals surface area contributed by atoms with Crippen LogP contribution in [0.2, 0.25) is 0 Å². The molecular weight excluding hydrogens is 294 g/mol. The molecule has 0 unspecified atom stereocenters. The molecule has 6 nitrogen and oxygen atoms in total. The van der Waals surface area contributed by atoms with Gasteiger partial charge in [-0.2, -0.15) is 5.10 Å². The average molecular weight is 313 g/mol. The lowest BCUT2D eigenvalue weighted by Crippen LogP contribution is -2.33. The second-order valence-electron chi connectivity index (χ2n) is 6.61. The van der Waals surface area contributed by atoms with Crippen molar-refractivity contribution in [2.75, 3.05) is 13.1 Å².